The Balaban J connectivity index is 2.26. The number of rotatable bonds is 9. The molecule has 1 aromatic rings. The molecule has 1 heterocycles. The van der Waals surface area contributed by atoms with Crippen molar-refractivity contribution >= 4 is 0 Å². The molecule has 0 aliphatic heterocycles. The minimum Gasteiger partial charge on any atom is -0.383 e. The van der Waals surface area contributed by atoms with Gasteiger partial charge in [0.1, 0.15) is 0 Å². The van der Waals surface area contributed by atoms with Crippen molar-refractivity contribution in [3.05, 3.63) is 5.82 Å². The summed E-state index contributed by atoms with van der Waals surface area (Å²) in [4.78, 5) is 0. The zero-order valence-electron chi connectivity index (χ0n) is 9.85. The van der Waals surface area contributed by atoms with Crippen LogP contribution in [0.5, 0.6) is 0 Å². The molecule has 1 aromatic heterocycles. The lowest BCUT2D eigenvalue weighted by Gasteiger charge is -2.05. The minimum atomic E-state index is 0.632. The topological polar surface area (TPSA) is 74.1 Å². The Hall–Kier alpha value is -1.05. The molecule has 0 fully saturated rings. The summed E-state index contributed by atoms with van der Waals surface area (Å²) < 4.78 is 11.9. The normalized spacial score (nSPS) is 10.9. The van der Waals surface area contributed by atoms with Crippen LogP contribution >= 0.6 is 0 Å². The van der Waals surface area contributed by atoms with Crippen molar-refractivity contribution < 1.29 is 9.47 Å². The molecule has 0 radical (unpaired) electrons. The van der Waals surface area contributed by atoms with Gasteiger partial charge in [0.05, 0.1) is 26.3 Å². The summed E-state index contributed by atoms with van der Waals surface area (Å²) in [6, 6.07) is 0. The Bertz CT molecular complexity index is 279. The van der Waals surface area contributed by atoms with Crippen molar-refractivity contribution in [1.82, 2.24) is 25.5 Å². The second-order valence-electron chi connectivity index (χ2n) is 3.18. The van der Waals surface area contributed by atoms with Crippen LogP contribution in [0.1, 0.15) is 12.7 Å². The van der Waals surface area contributed by atoms with E-state index in [0.29, 0.717) is 32.9 Å². The Morgan fingerprint density at radius 3 is 3.00 bits per heavy atom. The molecule has 0 amide bonds. The van der Waals surface area contributed by atoms with Crippen LogP contribution in [0.25, 0.3) is 0 Å². The van der Waals surface area contributed by atoms with Gasteiger partial charge in [-0.15, -0.1) is 5.10 Å². The standard InChI is InChI=1S/C9H19N5O2/c1-3-16-7-5-14-9(11-12-13-14)8-10-4-6-15-2/h10H,3-8H2,1-2H3. The molecule has 7 heteroatoms. The van der Waals surface area contributed by atoms with Crippen LogP contribution in [-0.2, 0) is 22.6 Å². The van der Waals surface area contributed by atoms with Gasteiger partial charge in [-0.3, -0.25) is 0 Å². The van der Waals surface area contributed by atoms with Gasteiger partial charge in [0.15, 0.2) is 5.82 Å². The first-order chi connectivity index (χ1) is 7.88. The van der Waals surface area contributed by atoms with E-state index >= 15 is 0 Å². The lowest BCUT2D eigenvalue weighted by molar-refractivity contribution is 0.135. The van der Waals surface area contributed by atoms with Gasteiger partial charge in [0.2, 0.25) is 0 Å². The molecule has 16 heavy (non-hydrogen) atoms. The molecule has 92 valence electrons. The maximum atomic E-state index is 5.25. The highest BCUT2D eigenvalue weighted by atomic mass is 16.5. The first-order valence-electron chi connectivity index (χ1n) is 5.41. The largest absolute Gasteiger partial charge is 0.383 e. The molecule has 7 nitrogen and oxygen atoms in total. The van der Waals surface area contributed by atoms with Crippen LogP contribution in [0.4, 0.5) is 0 Å². The summed E-state index contributed by atoms with van der Waals surface area (Å²) in [5.74, 6) is 0.816. The third kappa shape index (κ3) is 4.65. The molecule has 0 spiro atoms. The van der Waals surface area contributed by atoms with Gasteiger partial charge in [-0.1, -0.05) is 0 Å². The highest BCUT2D eigenvalue weighted by molar-refractivity contribution is 4.79. The number of nitrogens with zero attached hydrogens (tertiary/aromatic N) is 4. The van der Waals surface area contributed by atoms with Crippen molar-refractivity contribution in [1.29, 1.82) is 0 Å². The smallest absolute Gasteiger partial charge is 0.165 e. The van der Waals surface area contributed by atoms with Crippen LogP contribution < -0.4 is 5.32 Å². The van der Waals surface area contributed by atoms with Gasteiger partial charge in [0, 0.05) is 20.3 Å². The average molecular weight is 229 g/mol. The van der Waals surface area contributed by atoms with Crippen molar-refractivity contribution in [2.45, 2.75) is 20.0 Å². The molecule has 0 atom stereocenters. The van der Waals surface area contributed by atoms with Gasteiger partial charge in [-0.2, -0.15) is 0 Å². The van der Waals surface area contributed by atoms with Crippen LogP contribution in [-0.4, -0.2) is 53.7 Å². The Kier molecular flexibility index (Phi) is 6.62. The van der Waals surface area contributed by atoms with E-state index in [1.54, 1.807) is 11.8 Å². The maximum absolute atomic E-state index is 5.25. The third-order valence-corrected chi connectivity index (χ3v) is 2.02. The van der Waals surface area contributed by atoms with Crippen LogP contribution in [0.2, 0.25) is 0 Å². The predicted molar refractivity (Wildman–Crippen MR) is 57.9 cm³/mol. The van der Waals surface area contributed by atoms with Crippen molar-refractivity contribution in [2.75, 3.05) is 33.5 Å². The molecule has 0 saturated carbocycles. The third-order valence-electron chi connectivity index (χ3n) is 2.02. The van der Waals surface area contributed by atoms with E-state index in [-0.39, 0.29) is 0 Å². The van der Waals surface area contributed by atoms with E-state index in [0.717, 1.165) is 12.4 Å². The Labute approximate surface area is 95.1 Å². The zero-order valence-corrected chi connectivity index (χ0v) is 9.85. The van der Waals surface area contributed by atoms with E-state index < -0.39 is 0 Å². The van der Waals surface area contributed by atoms with Crippen LogP contribution in [0.15, 0.2) is 0 Å². The molecule has 0 bridgehead atoms. The molecule has 0 unspecified atom stereocenters. The highest BCUT2D eigenvalue weighted by Crippen LogP contribution is 1.91. The number of tetrazole rings is 1. The average Bonchev–Trinajstić information content (AvgIpc) is 2.73. The first kappa shape index (κ1) is 13.0. The van der Waals surface area contributed by atoms with Crippen molar-refractivity contribution in [3.63, 3.8) is 0 Å². The maximum Gasteiger partial charge on any atom is 0.165 e. The molecule has 0 aromatic carbocycles. The number of nitrogens with one attached hydrogen (secondary N) is 1. The quantitative estimate of drug-likeness (QED) is 0.572. The second kappa shape index (κ2) is 8.14. The Morgan fingerprint density at radius 1 is 1.38 bits per heavy atom. The summed E-state index contributed by atoms with van der Waals surface area (Å²) in [7, 11) is 1.67. The molecule has 0 aliphatic carbocycles. The summed E-state index contributed by atoms with van der Waals surface area (Å²) in [5.41, 5.74) is 0. The SMILES string of the molecule is CCOCCn1nnnc1CNCCOC. The molecule has 0 aliphatic rings. The summed E-state index contributed by atoms with van der Waals surface area (Å²) in [6.07, 6.45) is 0. The summed E-state index contributed by atoms with van der Waals surface area (Å²) in [6.45, 7) is 6.10. The molecule has 0 saturated heterocycles. The number of ether oxygens (including phenoxy) is 2. The van der Waals surface area contributed by atoms with E-state index in [1.807, 2.05) is 6.92 Å². The zero-order chi connectivity index (χ0) is 11.6. The van der Waals surface area contributed by atoms with Gasteiger partial charge < -0.3 is 14.8 Å². The van der Waals surface area contributed by atoms with E-state index in [4.69, 9.17) is 9.47 Å². The number of methoxy groups -OCH3 is 1. The molecule has 1 N–H and O–H groups in total. The van der Waals surface area contributed by atoms with Gasteiger partial charge in [0.25, 0.3) is 0 Å². The fourth-order valence-electron chi connectivity index (χ4n) is 1.19. The van der Waals surface area contributed by atoms with Gasteiger partial charge >= 0.3 is 0 Å². The monoisotopic (exact) mass is 229 g/mol. The molecule has 1 rings (SSSR count). The second-order valence-corrected chi connectivity index (χ2v) is 3.18. The lowest BCUT2D eigenvalue weighted by atomic mass is 10.5. The lowest BCUT2D eigenvalue weighted by Crippen LogP contribution is -2.22. The van der Waals surface area contributed by atoms with Gasteiger partial charge in [-0.05, 0) is 17.4 Å². The fraction of sp³-hybridized carbons (Fsp3) is 0.889. The van der Waals surface area contributed by atoms with Crippen molar-refractivity contribution in [3.8, 4) is 0 Å². The summed E-state index contributed by atoms with van der Waals surface area (Å²) in [5, 5.41) is 14.7. The fourth-order valence-corrected chi connectivity index (χ4v) is 1.19. The van der Waals surface area contributed by atoms with E-state index in [9.17, 15) is 0 Å². The van der Waals surface area contributed by atoms with Gasteiger partial charge in [-0.25, -0.2) is 4.68 Å². The highest BCUT2D eigenvalue weighted by Gasteiger charge is 2.04. The summed E-state index contributed by atoms with van der Waals surface area (Å²) >= 11 is 0. The van der Waals surface area contributed by atoms with Crippen molar-refractivity contribution in [2.24, 2.45) is 0 Å². The van der Waals surface area contributed by atoms with E-state index in [2.05, 4.69) is 20.8 Å². The molecular weight excluding hydrogens is 210 g/mol. The van der Waals surface area contributed by atoms with Crippen LogP contribution in [0, 0.1) is 0 Å². The van der Waals surface area contributed by atoms with Crippen LogP contribution in [0.3, 0.4) is 0 Å². The Morgan fingerprint density at radius 2 is 2.25 bits per heavy atom. The predicted octanol–water partition coefficient (Wildman–Crippen LogP) is -0.554. The first-order valence-corrected chi connectivity index (χ1v) is 5.41. The number of hydrogen-bond acceptors (Lipinski definition) is 6. The number of hydrogen-bond donors (Lipinski definition) is 1. The minimum absolute atomic E-state index is 0.632. The number of aromatic nitrogens is 4. The van der Waals surface area contributed by atoms with E-state index in [1.165, 1.54) is 0 Å². The molecular formula is C9H19N5O2.